The van der Waals surface area contributed by atoms with Gasteiger partial charge >= 0.3 is 0 Å². The number of amides is 1. The van der Waals surface area contributed by atoms with Crippen molar-refractivity contribution in [3.05, 3.63) is 111 Å². The van der Waals surface area contributed by atoms with Crippen molar-refractivity contribution >= 4 is 39.4 Å². The number of anilines is 1. The molecule has 202 valence electrons. The van der Waals surface area contributed by atoms with E-state index in [0.717, 1.165) is 32.5 Å². The van der Waals surface area contributed by atoms with Crippen molar-refractivity contribution in [2.75, 3.05) is 10.8 Å². The molecule has 1 amide bonds. The van der Waals surface area contributed by atoms with Crippen LogP contribution in [0.1, 0.15) is 33.6 Å². The monoisotopic (exact) mass is 562 g/mol. The average Bonchev–Trinajstić information content (AvgIpc) is 3.17. The van der Waals surface area contributed by atoms with Gasteiger partial charge in [0, 0.05) is 27.7 Å². The van der Waals surface area contributed by atoms with Gasteiger partial charge in [-0.25, -0.2) is 13.8 Å². The third-order valence-corrected chi connectivity index (χ3v) is 8.63. The first-order chi connectivity index (χ1) is 18.5. The zero-order valence-electron chi connectivity index (χ0n) is 22.6. The van der Waals surface area contributed by atoms with Crippen molar-refractivity contribution in [3.63, 3.8) is 0 Å². The Labute approximate surface area is 234 Å². The second-order valence-corrected chi connectivity index (χ2v) is 11.8. The number of hydrogen-bond donors (Lipinski definition) is 1. The van der Waals surface area contributed by atoms with E-state index in [1.165, 1.54) is 29.3 Å². The molecular formula is C30H31ClN4O3S. The Hall–Kier alpha value is -3.88. The first-order valence-electron chi connectivity index (χ1n) is 12.4. The van der Waals surface area contributed by atoms with Crippen molar-refractivity contribution in [2.45, 2.75) is 39.5 Å². The molecular weight excluding hydrogens is 532 g/mol. The molecule has 4 rings (SSSR count). The lowest BCUT2D eigenvalue weighted by atomic mass is 10.1. The number of carbonyl (C=O) groups excluding carboxylic acids is 1. The number of aryl methyl sites for hydroxylation is 4. The Morgan fingerprint density at radius 3 is 2.33 bits per heavy atom. The van der Waals surface area contributed by atoms with Gasteiger partial charge in [0.1, 0.15) is 6.54 Å². The lowest BCUT2D eigenvalue weighted by molar-refractivity contribution is -0.119. The molecule has 39 heavy (non-hydrogen) atoms. The Balaban J connectivity index is 1.56. The maximum absolute atomic E-state index is 13.5. The fourth-order valence-corrected chi connectivity index (χ4v) is 5.90. The zero-order chi connectivity index (χ0) is 28.3. The number of rotatable bonds is 8. The highest BCUT2D eigenvalue weighted by Gasteiger charge is 2.27. The number of benzene rings is 3. The summed E-state index contributed by atoms with van der Waals surface area (Å²) in [7, 11) is -4.05. The van der Waals surface area contributed by atoms with Crippen molar-refractivity contribution in [1.29, 1.82) is 0 Å². The van der Waals surface area contributed by atoms with Crippen LogP contribution in [-0.4, -0.2) is 31.7 Å². The van der Waals surface area contributed by atoms with Crippen LogP contribution in [0.5, 0.6) is 0 Å². The van der Waals surface area contributed by atoms with E-state index in [1.807, 2.05) is 26.8 Å². The molecule has 7 nitrogen and oxygen atoms in total. The zero-order valence-corrected chi connectivity index (χ0v) is 24.1. The van der Waals surface area contributed by atoms with Crippen LogP contribution in [0, 0.1) is 34.6 Å². The van der Waals surface area contributed by atoms with E-state index in [9.17, 15) is 13.2 Å². The molecule has 0 unspecified atom stereocenters. The predicted octanol–water partition coefficient (Wildman–Crippen LogP) is 6.02. The lowest BCUT2D eigenvalue weighted by Crippen LogP contribution is -2.39. The van der Waals surface area contributed by atoms with Crippen LogP contribution in [0.3, 0.4) is 0 Å². The number of halogens is 1. The standard InChI is InChI=1S/C30H31ClN4O3S/c1-20-9-13-29(14-10-20)39(37,38)34(27-8-6-7-26(31)17-27)19-30(36)33-32-18-25-16-23(4)35(24(25)5)28-12-11-21(2)22(3)15-28/h6-18H,19H2,1-5H3,(H,33,36)/b32-18-. The summed E-state index contributed by atoms with van der Waals surface area (Å²) in [5.74, 6) is -0.593. The van der Waals surface area contributed by atoms with Gasteiger partial charge in [0.25, 0.3) is 15.9 Å². The molecule has 9 heteroatoms. The van der Waals surface area contributed by atoms with Crippen LogP contribution >= 0.6 is 11.6 Å². The van der Waals surface area contributed by atoms with Crippen LogP contribution in [0.4, 0.5) is 5.69 Å². The third-order valence-electron chi connectivity index (χ3n) is 6.60. The summed E-state index contributed by atoms with van der Waals surface area (Å²) in [6.07, 6.45) is 1.57. The van der Waals surface area contributed by atoms with E-state index >= 15 is 0 Å². The minimum absolute atomic E-state index is 0.0724. The minimum atomic E-state index is -4.05. The number of hydrogen-bond acceptors (Lipinski definition) is 4. The van der Waals surface area contributed by atoms with E-state index in [0.29, 0.717) is 5.02 Å². The Morgan fingerprint density at radius 1 is 0.949 bits per heavy atom. The molecule has 0 aliphatic carbocycles. The average molecular weight is 563 g/mol. The summed E-state index contributed by atoms with van der Waals surface area (Å²) < 4.78 is 30.2. The van der Waals surface area contributed by atoms with Crippen molar-refractivity contribution in [3.8, 4) is 5.69 Å². The normalized spacial score (nSPS) is 11.6. The predicted molar refractivity (Wildman–Crippen MR) is 158 cm³/mol. The topological polar surface area (TPSA) is 83.8 Å². The molecule has 1 N–H and O–H groups in total. The Bertz CT molecular complexity index is 1660. The molecule has 0 fully saturated rings. The van der Waals surface area contributed by atoms with E-state index in [-0.39, 0.29) is 10.6 Å². The Morgan fingerprint density at radius 2 is 1.67 bits per heavy atom. The van der Waals surface area contributed by atoms with Crippen LogP contribution in [0.25, 0.3) is 5.69 Å². The quantitative estimate of drug-likeness (QED) is 0.210. The number of nitrogens with zero attached hydrogens (tertiary/aromatic N) is 3. The number of nitrogens with one attached hydrogen (secondary N) is 1. The van der Waals surface area contributed by atoms with Crippen molar-refractivity contribution in [2.24, 2.45) is 5.10 Å². The molecule has 0 bridgehead atoms. The van der Waals surface area contributed by atoms with Gasteiger partial charge in [-0.05, 0) is 94.3 Å². The molecule has 0 saturated carbocycles. The van der Waals surface area contributed by atoms with Crippen molar-refractivity contribution in [1.82, 2.24) is 9.99 Å². The Kier molecular flexibility index (Phi) is 8.28. The van der Waals surface area contributed by atoms with Gasteiger partial charge in [0.2, 0.25) is 0 Å². The fourth-order valence-electron chi connectivity index (χ4n) is 4.30. The number of hydrazone groups is 1. The summed E-state index contributed by atoms with van der Waals surface area (Å²) in [6.45, 7) is 9.55. The molecule has 0 saturated heterocycles. The first kappa shape index (κ1) is 28.1. The summed E-state index contributed by atoms with van der Waals surface area (Å²) in [4.78, 5) is 13.0. The second-order valence-electron chi connectivity index (χ2n) is 9.53. The number of carbonyl (C=O) groups is 1. The lowest BCUT2D eigenvalue weighted by Gasteiger charge is -2.24. The molecule has 0 aliphatic rings. The van der Waals surface area contributed by atoms with E-state index in [2.05, 4.69) is 47.1 Å². The van der Waals surface area contributed by atoms with Crippen LogP contribution in [0.2, 0.25) is 5.02 Å². The van der Waals surface area contributed by atoms with Crippen LogP contribution in [-0.2, 0) is 14.8 Å². The number of sulfonamides is 1. The smallest absolute Gasteiger partial charge is 0.264 e. The minimum Gasteiger partial charge on any atom is -0.318 e. The van der Waals surface area contributed by atoms with Gasteiger partial charge in [-0.3, -0.25) is 9.10 Å². The van der Waals surface area contributed by atoms with E-state index in [1.54, 1.807) is 36.5 Å². The summed E-state index contributed by atoms with van der Waals surface area (Å²) in [5.41, 5.74) is 9.98. The summed E-state index contributed by atoms with van der Waals surface area (Å²) >= 11 is 6.14. The van der Waals surface area contributed by atoms with Gasteiger partial charge in [0.05, 0.1) is 16.8 Å². The molecule has 0 radical (unpaired) electrons. The van der Waals surface area contributed by atoms with E-state index in [4.69, 9.17) is 11.6 Å². The molecule has 4 aromatic rings. The highest BCUT2D eigenvalue weighted by molar-refractivity contribution is 7.92. The first-order valence-corrected chi connectivity index (χ1v) is 14.2. The largest absolute Gasteiger partial charge is 0.318 e. The fraction of sp³-hybridized carbons (Fsp3) is 0.200. The molecule has 1 heterocycles. The van der Waals surface area contributed by atoms with Gasteiger partial charge in [-0.15, -0.1) is 0 Å². The molecule has 1 aromatic heterocycles. The molecule has 3 aromatic carbocycles. The second kappa shape index (κ2) is 11.5. The van der Waals surface area contributed by atoms with Gasteiger partial charge in [0.15, 0.2) is 0 Å². The van der Waals surface area contributed by atoms with Crippen LogP contribution in [0.15, 0.2) is 82.8 Å². The van der Waals surface area contributed by atoms with Gasteiger partial charge < -0.3 is 4.57 Å². The van der Waals surface area contributed by atoms with Crippen LogP contribution < -0.4 is 9.73 Å². The number of aromatic nitrogens is 1. The highest BCUT2D eigenvalue weighted by atomic mass is 35.5. The maximum atomic E-state index is 13.5. The summed E-state index contributed by atoms with van der Waals surface area (Å²) in [5, 5.41) is 4.48. The van der Waals surface area contributed by atoms with E-state index < -0.39 is 22.5 Å². The summed E-state index contributed by atoms with van der Waals surface area (Å²) in [6, 6.07) is 21.1. The molecule has 0 spiro atoms. The molecule has 0 atom stereocenters. The van der Waals surface area contributed by atoms with Crippen molar-refractivity contribution < 1.29 is 13.2 Å². The van der Waals surface area contributed by atoms with Gasteiger partial charge in [-0.2, -0.15) is 5.10 Å². The van der Waals surface area contributed by atoms with Gasteiger partial charge in [-0.1, -0.05) is 41.4 Å². The highest BCUT2D eigenvalue weighted by Crippen LogP contribution is 2.26. The maximum Gasteiger partial charge on any atom is 0.264 e. The third kappa shape index (κ3) is 6.24. The molecule has 0 aliphatic heterocycles. The SMILES string of the molecule is Cc1ccc(S(=O)(=O)N(CC(=O)N/N=C\c2cc(C)n(-c3ccc(C)c(C)c3)c2C)c2cccc(Cl)c2)cc1.